The lowest BCUT2D eigenvalue weighted by atomic mass is 10.6. The molecule has 62 valence electrons. The minimum absolute atomic E-state index is 0.561. The molecule has 1 fully saturated rings. The van der Waals surface area contributed by atoms with Crippen molar-refractivity contribution in [2.45, 2.75) is 4.33 Å². The molecule has 1 saturated heterocycles. The molecule has 0 aromatic rings. The molecule has 1 aliphatic heterocycles. The highest BCUT2D eigenvalue weighted by molar-refractivity contribution is 8.17. The van der Waals surface area contributed by atoms with Gasteiger partial charge in [-0.3, -0.25) is 9.59 Å². The molecule has 0 aromatic carbocycles. The number of nitrogens with one attached hydrogen (secondary N) is 2. The summed E-state index contributed by atoms with van der Waals surface area (Å²) in [6, 6.07) is 0. The van der Waals surface area contributed by atoms with E-state index in [4.69, 9.17) is 0 Å². The SMILES string of the molecule is CSC1(SC)NC(=O)C(=O)N1. The normalized spacial score (nSPS) is 21.3. The van der Waals surface area contributed by atoms with Crippen molar-refractivity contribution in [1.29, 1.82) is 0 Å². The Balaban J connectivity index is 2.76. The molecule has 1 rings (SSSR count). The van der Waals surface area contributed by atoms with Gasteiger partial charge in [-0.15, -0.1) is 23.5 Å². The maximum absolute atomic E-state index is 10.8. The third-order valence-corrected chi connectivity index (χ3v) is 3.90. The first-order valence-electron chi connectivity index (χ1n) is 2.88. The largest absolute Gasteiger partial charge is 0.312 e. The first-order valence-corrected chi connectivity index (χ1v) is 5.33. The van der Waals surface area contributed by atoms with E-state index >= 15 is 0 Å². The molecule has 2 amide bonds. The zero-order valence-electron chi connectivity index (χ0n) is 6.13. The van der Waals surface area contributed by atoms with Gasteiger partial charge in [-0.1, -0.05) is 0 Å². The first-order chi connectivity index (χ1) is 5.13. The standard InChI is InChI=1S/C5H8N2O2S2/c1-10-5(11-2)6-3(8)4(9)7-5/h1-2H3,(H,6,8)(H,7,9). The summed E-state index contributed by atoms with van der Waals surface area (Å²) in [7, 11) is 0. The fourth-order valence-corrected chi connectivity index (χ4v) is 2.18. The molecule has 0 spiro atoms. The van der Waals surface area contributed by atoms with Crippen molar-refractivity contribution in [3.63, 3.8) is 0 Å². The van der Waals surface area contributed by atoms with Gasteiger partial charge in [0.25, 0.3) is 0 Å². The van der Waals surface area contributed by atoms with Crippen LogP contribution in [0.25, 0.3) is 0 Å². The van der Waals surface area contributed by atoms with Crippen LogP contribution in [0, 0.1) is 0 Å². The molecule has 6 heteroatoms. The number of hydrogen-bond donors (Lipinski definition) is 2. The highest BCUT2D eigenvalue weighted by Crippen LogP contribution is 2.29. The summed E-state index contributed by atoms with van der Waals surface area (Å²) in [6.45, 7) is 0. The molecule has 0 atom stereocenters. The lowest BCUT2D eigenvalue weighted by Crippen LogP contribution is -2.42. The van der Waals surface area contributed by atoms with Crippen molar-refractivity contribution in [2.75, 3.05) is 12.5 Å². The number of carbonyl (C=O) groups excluding carboxylic acids is 2. The summed E-state index contributed by atoms with van der Waals surface area (Å²) in [5.41, 5.74) is 0. The second-order valence-electron chi connectivity index (χ2n) is 1.93. The van der Waals surface area contributed by atoms with E-state index in [1.54, 1.807) is 0 Å². The highest BCUT2D eigenvalue weighted by Gasteiger charge is 2.41. The van der Waals surface area contributed by atoms with E-state index in [9.17, 15) is 9.59 Å². The van der Waals surface area contributed by atoms with Crippen LogP contribution in [-0.4, -0.2) is 28.7 Å². The molecule has 0 aromatic heterocycles. The van der Waals surface area contributed by atoms with Crippen LogP contribution in [0.3, 0.4) is 0 Å². The average molecular weight is 192 g/mol. The Morgan fingerprint density at radius 3 is 1.64 bits per heavy atom. The summed E-state index contributed by atoms with van der Waals surface area (Å²) in [5, 5.41) is 5.09. The number of rotatable bonds is 2. The van der Waals surface area contributed by atoms with Gasteiger partial charge in [0, 0.05) is 0 Å². The average Bonchev–Trinajstić information content (AvgIpc) is 2.29. The molecule has 0 saturated carbocycles. The van der Waals surface area contributed by atoms with E-state index in [0.29, 0.717) is 0 Å². The van der Waals surface area contributed by atoms with Gasteiger partial charge in [0.2, 0.25) is 4.33 Å². The van der Waals surface area contributed by atoms with Crippen LogP contribution in [0.1, 0.15) is 0 Å². The second-order valence-corrected chi connectivity index (χ2v) is 4.23. The zero-order valence-corrected chi connectivity index (χ0v) is 7.77. The number of carbonyl (C=O) groups is 2. The maximum Gasteiger partial charge on any atom is 0.312 e. The predicted molar refractivity (Wildman–Crippen MR) is 46.0 cm³/mol. The van der Waals surface area contributed by atoms with Crippen molar-refractivity contribution in [2.24, 2.45) is 0 Å². The van der Waals surface area contributed by atoms with E-state index < -0.39 is 16.1 Å². The van der Waals surface area contributed by atoms with Crippen molar-refractivity contribution >= 4 is 35.3 Å². The smallest absolute Gasteiger partial charge is 0.308 e. The van der Waals surface area contributed by atoms with Crippen LogP contribution in [-0.2, 0) is 9.59 Å². The molecule has 11 heavy (non-hydrogen) atoms. The van der Waals surface area contributed by atoms with Gasteiger partial charge < -0.3 is 10.6 Å². The quantitative estimate of drug-likeness (QED) is 0.460. The van der Waals surface area contributed by atoms with E-state index in [-0.39, 0.29) is 0 Å². The third-order valence-electron chi connectivity index (χ3n) is 1.34. The topological polar surface area (TPSA) is 58.2 Å². The van der Waals surface area contributed by atoms with Gasteiger partial charge in [0.1, 0.15) is 0 Å². The fraction of sp³-hybridized carbons (Fsp3) is 0.600. The van der Waals surface area contributed by atoms with Crippen molar-refractivity contribution < 1.29 is 9.59 Å². The van der Waals surface area contributed by atoms with E-state index in [1.165, 1.54) is 23.5 Å². The monoisotopic (exact) mass is 192 g/mol. The lowest BCUT2D eigenvalue weighted by Gasteiger charge is -2.22. The maximum atomic E-state index is 10.8. The molecule has 1 aliphatic rings. The summed E-state index contributed by atoms with van der Waals surface area (Å²) in [4.78, 5) is 21.5. The minimum Gasteiger partial charge on any atom is -0.308 e. The zero-order chi connectivity index (χ0) is 8.48. The van der Waals surface area contributed by atoms with E-state index in [2.05, 4.69) is 10.6 Å². The van der Waals surface area contributed by atoms with Crippen LogP contribution in [0.2, 0.25) is 0 Å². The van der Waals surface area contributed by atoms with E-state index in [1.807, 2.05) is 12.5 Å². The van der Waals surface area contributed by atoms with Crippen molar-refractivity contribution in [3.8, 4) is 0 Å². The summed E-state index contributed by atoms with van der Waals surface area (Å²) >= 11 is 2.77. The van der Waals surface area contributed by atoms with Gasteiger partial charge in [-0.25, -0.2) is 0 Å². The van der Waals surface area contributed by atoms with Crippen LogP contribution >= 0.6 is 23.5 Å². The second kappa shape index (κ2) is 2.94. The van der Waals surface area contributed by atoms with Crippen LogP contribution in [0.4, 0.5) is 0 Å². The molecule has 0 aliphatic carbocycles. The van der Waals surface area contributed by atoms with Crippen molar-refractivity contribution in [1.82, 2.24) is 10.6 Å². The Kier molecular flexibility index (Phi) is 2.34. The minimum atomic E-state index is -0.645. The van der Waals surface area contributed by atoms with Gasteiger partial charge >= 0.3 is 11.8 Å². The first kappa shape index (κ1) is 8.73. The third kappa shape index (κ3) is 1.46. The van der Waals surface area contributed by atoms with Gasteiger partial charge in [-0.2, -0.15) is 0 Å². The molecular formula is C5H8N2O2S2. The fourth-order valence-electron chi connectivity index (χ4n) is 0.731. The molecule has 0 radical (unpaired) electrons. The summed E-state index contributed by atoms with van der Waals surface area (Å²) in [6.07, 6.45) is 3.64. The molecule has 2 N–H and O–H groups in total. The van der Waals surface area contributed by atoms with Crippen molar-refractivity contribution in [3.05, 3.63) is 0 Å². The molecular weight excluding hydrogens is 184 g/mol. The number of amides is 2. The van der Waals surface area contributed by atoms with Gasteiger partial charge in [-0.05, 0) is 12.5 Å². The number of hydrogen-bond acceptors (Lipinski definition) is 4. The lowest BCUT2D eigenvalue weighted by molar-refractivity contribution is -0.135. The Morgan fingerprint density at radius 1 is 1.09 bits per heavy atom. The molecule has 0 unspecified atom stereocenters. The summed E-state index contributed by atoms with van der Waals surface area (Å²) in [5.74, 6) is -1.12. The Hall–Kier alpha value is -0.360. The molecule has 1 heterocycles. The van der Waals surface area contributed by atoms with Gasteiger partial charge in [0.15, 0.2) is 0 Å². The molecule has 4 nitrogen and oxygen atoms in total. The van der Waals surface area contributed by atoms with Crippen LogP contribution < -0.4 is 10.6 Å². The Bertz CT molecular complexity index is 185. The van der Waals surface area contributed by atoms with Crippen LogP contribution in [0.5, 0.6) is 0 Å². The van der Waals surface area contributed by atoms with E-state index in [0.717, 1.165) is 0 Å². The number of thioether (sulfide) groups is 2. The Labute approximate surface area is 72.9 Å². The highest BCUT2D eigenvalue weighted by atomic mass is 32.2. The Morgan fingerprint density at radius 2 is 1.45 bits per heavy atom. The summed E-state index contributed by atoms with van der Waals surface area (Å²) < 4.78 is -0.645. The molecule has 0 bridgehead atoms. The predicted octanol–water partition coefficient (Wildman–Crippen LogP) is -0.430. The van der Waals surface area contributed by atoms with Gasteiger partial charge in [0.05, 0.1) is 0 Å². The van der Waals surface area contributed by atoms with Crippen LogP contribution in [0.15, 0.2) is 0 Å².